The van der Waals surface area contributed by atoms with Crippen LogP contribution in [0.1, 0.15) is 0 Å². The quantitative estimate of drug-likeness (QED) is 0.850. The highest BCUT2D eigenvalue weighted by atomic mass is 35.5. The first kappa shape index (κ1) is 14.4. The highest BCUT2D eigenvalue weighted by molar-refractivity contribution is 6.32. The number of benzene rings is 1. The van der Waals surface area contributed by atoms with Crippen molar-refractivity contribution in [3.63, 3.8) is 0 Å². The molecule has 1 heterocycles. The minimum Gasteiger partial charge on any atom is -0.492 e. The van der Waals surface area contributed by atoms with Crippen molar-refractivity contribution in [3.05, 3.63) is 35.5 Å². The number of rotatable bonds is 6. The molecule has 0 bridgehead atoms. The summed E-state index contributed by atoms with van der Waals surface area (Å²) in [6.07, 6.45) is 1.48. The Balaban J connectivity index is 2.17. The highest BCUT2D eigenvalue weighted by Crippen LogP contribution is 2.26. The lowest BCUT2D eigenvalue weighted by Gasteiger charge is -2.10. The lowest BCUT2D eigenvalue weighted by molar-refractivity contribution is 0.328. The standard InChI is InChI=1S/C13H15ClN4O2/c1-19-13-16-8-11(14)12(18-13)17-9-3-2-4-10(7-9)20-6-5-15/h2-4,7-8H,5-6,15H2,1H3,(H,16,17,18). The second kappa shape index (κ2) is 6.93. The molecule has 0 fully saturated rings. The third-order valence-corrected chi connectivity index (χ3v) is 2.66. The molecule has 0 saturated heterocycles. The van der Waals surface area contributed by atoms with Crippen molar-refractivity contribution >= 4 is 23.1 Å². The number of methoxy groups -OCH3 is 1. The predicted molar refractivity (Wildman–Crippen MR) is 77.9 cm³/mol. The molecule has 0 amide bonds. The van der Waals surface area contributed by atoms with Gasteiger partial charge in [-0.25, -0.2) is 4.98 Å². The Morgan fingerprint density at radius 1 is 1.40 bits per heavy atom. The van der Waals surface area contributed by atoms with Crippen LogP contribution in [0.15, 0.2) is 30.5 Å². The fourth-order valence-corrected chi connectivity index (χ4v) is 1.65. The number of ether oxygens (including phenoxy) is 2. The van der Waals surface area contributed by atoms with E-state index in [1.54, 1.807) is 0 Å². The second-order valence-electron chi connectivity index (χ2n) is 3.84. The molecule has 20 heavy (non-hydrogen) atoms. The largest absolute Gasteiger partial charge is 0.492 e. The van der Waals surface area contributed by atoms with Gasteiger partial charge in [0, 0.05) is 18.3 Å². The maximum atomic E-state index is 6.04. The van der Waals surface area contributed by atoms with E-state index in [0.717, 1.165) is 11.4 Å². The number of nitrogens with two attached hydrogens (primary N) is 1. The van der Waals surface area contributed by atoms with Gasteiger partial charge >= 0.3 is 6.01 Å². The molecule has 2 rings (SSSR count). The molecule has 6 nitrogen and oxygen atoms in total. The van der Waals surface area contributed by atoms with Crippen LogP contribution in [0, 0.1) is 0 Å². The summed E-state index contributed by atoms with van der Waals surface area (Å²) >= 11 is 6.04. The van der Waals surface area contributed by atoms with Crippen LogP contribution in [0.2, 0.25) is 5.02 Å². The van der Waals surface area contributed by atoms with Gasteiger partial charge in [0.1, 0.15) is 17.4 Å². The second-order valence-corrected chi connectivity index (χ2v) is 4.25. The van der Waals surface area contributed by atoms with E-state index in [-0.39, 0.29) is 6.01 Å². The van der Waals surface area contributed by atoms with Gasteiger partial charge in [0.2, 0.25) is 0 Å². The van der Waals surface area contributed by atoms with Crippen LogP contribution in [0.4, 0.5) is 11.5 Å². The summed E-state index contributed by atoms with van der Waals surface area (Å²) in [7, 11) is 1.49. The van der Waals surface area contributed by atoms with Crippen molar-refractivity contribution in [1.82, 2.24) is 9.97 Å². The van der Waals surface area contributed by atoms with Gasteiger partial charge in [-0.15, -0.1) is 0 Å². The predicted octanol–water partition coefficient (Wildman–Crippen LogP) is 2.22. The summed E-state index contributed by atoms with van der Waals surface area (Å²) in [4.78, 5) is 8.05. The molecular weight excluding hydrogens is 280 g/mol. The smallest absolute Gasteiger partial charge is 0.318 e. The molecule has 2 aromatic rings. The van der Waals surface area contributed by atoms with E-state index in [2.05, 4.69) is 15.3 Å². The first-order valence-corrected chi connectivity index (χ1v) is 6.37. The first-order valence-electron chi connectivity index (χ1n) is 5.99. The molecule has 0 aliphatic carbocycles. The molecule has 1 aromatic heterocycles. The van der Waals surface area contributed by atoms with Gasteiger partial charge in [-0.2, -0.15) is 4.98 Å². The van der Waals surface area contributed by atoms with Crippen molar-refractivity contribution in [3.8, 4) is 11.8 Å². The Morgan fingerprint density at radius 2 is 2.25 bits per heavy atom. The molecular formula is C13H15ClN4O2. The fourth-order valence-electron chi connectivity index (χ4n) is 1.51. The average molecular weight is 295 g/mol. The van der Waals surface area contributed by atoms with Crippen molar-refractivity contribution in [2.24, 2.45) is 5.73 Å². The van der Waals surface area contributed by atoms with Gasteiger partial charge in [-0.3, -0.25) is 0 Å². The molecule has 0 spiro atoms. The molecule has 0 atom stereocenters. The van der Waals surface area contributed by atoms with Crippen molar-refractivity contribution in [2.45, 2.75) is 0 Å². The number of nitrogens with one attached hydrogen (secondary N) is 1. The SMILES string of the molecule is COc1ncc(Cl)c(Nc2cccc(OCCN)c2)n1. The fraction of sp³-hybridized carbons (Fsp3) is 0.231. The van der Waals surface area contributed by atoms with Gasteiger partial charge in [0.05, 0.1) is 13.3 Å². The monoisotopic (exact) mass is 294 g/mol. The molecule has 106 valence electrons. The van der Waals surface area contributed by atoms with E-state index in [1.165, 1.54) is 13.3 Å². The van der Waals surface area contributed by atoms with Crippen LogP contribution in [0.3, 0.4) is 0 Å². The number of nitrogens with zero attached hydrogens (tertiary/aromatic N) is 2. The van der Waals surface area contributed by atoms with Crippen molar-refractivity contribution < 1.29 is 9.47 Å². The van der Waals surface area contributed by atoms with Crippen LogP contribution in [-0.4, -0.2) is 30.2 Å². The van der Waals surface area contributed by atoms with E-state index in [4.69, 9.17) is 26.8 Å². The summed E-state index contributed by atoms with van der Waals surface area (Å²) in [6.45, 7) is 0.929. The summed E-state index contributed by atoms with van der Waals surface area (Å²) in [5.74, 6) is 1.19. The van der Waals surface area contributed by atoms with E-state index < -0.39 is 0 Å². The lowest BCUT2D eigenvalue weighted by Crippen LogP contribution is -2.10. The van der Waals surface area contributed by atoms with Crippen molar-refractivity contribution in [1.29, 1.82) is 0 Å². The Kier molecular flexibility index (Phi) is 4.97. The molecule has 0 unspecified atom stereocenters. The summed E-state index contributed by atoms with van der Waals surface area (Å²) in [5, 5.41) is 3.49. The molecule has 0 aliphatic rings. The van der Waals surface area contributed by atoms with E-state index >= 15 is 0 Å². The summed E-state index contributed by atoms with van der Waals surface area (Å²) in [6, 6.07) is 7.66. The summed E-state index contributed by atoms with van der Waals surface area (Å²) in [5.41, 5.74) is 6.19. The molecule has 1 aromatic carbocycles. The van der Waals surface area contributed by atoms with E-state index in [0.29, 0.717) is 24.0 Å². The Hall–Kier alpha value is -2.05. The Morgan fingerprint density at radius 3 is 3.00 bits per heavy atom. The lowest BCUT2D eigenvalue weighted by atomic mass is 10.3. The third-order valence-electron chi connectivity index (χ3n) is 2.39. The van der Waals surface area contributed by atoms with Crippen LogP contribution >= 0.6 is 11.6 Å². The Labute approximate surface area is 121 Å². The topological polar surface area (TPSA) is 82.3 Å². The number of aromatic nitrogens is 2. The average Bonchev–Trinajstić information content (AvgIpc) is 2.48. The first-order chi connectivity index (χ1) is 9.72. The zero-order chi connectivity index (χ0) is 14.4. The van der Waals surface area contributed by atoms with Gasteiger partial charge in [-0.1, -0.05) is 17.7 Å². The van der Waals surface area contributed by atoms with Crippen LogP contribution in [-0.2, 0) is 0 Å². The highest BCUT2D eigenvalue weighted by Gasteiger charge is 2.06. The summed E-state index contributed by atoms with van der Waals surface area (Å²) < 4.78 is 10.4. The number of anilines is 2. The van der Waals surface area contributed by atoms with Gasteiger partial charge in [0.15, 0.2) is 5.82 Å². The normalized spacial score (nSPS) is 10.2. The van der Waals surface area contributed by atoms with Crippen LogP contribution in [0.25, 0.3) is 0 Å². The molecule has 0 saturated carbocycles. The van der Waals surface area contributed by atoms with Gasteiger partial charge in [-0.05, 0) is 12.1 Å². The minimum absolute atomic E-state index is 0.243. The number of halogens is 1. The number of hydrogen-bond donors (Lipinski definition) is 2. The maximum absolute atomic E-state index is 6.04. The van der Waals surface area contributed by atoms with Gasteiger partial charge < -0.3 is 20.5 Å². The van der Waals surface area contributed by atoms with Crippen LogP contribution < -0.4 is 20.5 Å². The molecule has 0 aliphatic heterocycles. The molecule has 7 heteroatoms. The zero-order valence-electron chi connectivity index (χ0n) is 11.0. The van der Waals surface area contributed by atoms with E-state index in [9.17, 15) is 0 Å². The van der Waals surface area contributed by atoms with E-state index in [1.807, 2.05) is 24.3 Å². The molecule has 3 N–H and O–H groups in total. The van der Waals surface area contributed by atoms with Crippen molar-refractivity contribution in [2.75, 3.05) is 25.6 Å². The zero-order valence-corrected chi connectivity index (χ0v) is 11.7. The Bertz CT molecular complexity index is 580. The third kappa shape index (κ3) is 3.72. The maximum Gasteiger partial charge on any atom is 0.318 e. The number of hydrogen-bond acceptors (Lipinski definition) is 6. The minimum atomic E-state index is 0.243. The van der Waals surface area contributed by atoms with Gasteiger partial charge in [0.25, 0.3) is 0 Å². The van der Waals surface area contributed by atoms with Crippen LogP contribution in [0.5, 0.6) is 11.8 Å². The molecule has 0 radical (unpaired) electrons.